The second-order valence-corrected chi connectivity index (χ2v) is 7.00. The number of carbonyl (C=O) groups is 3. The predicted molar refractivity (Wildman–Crippen MR) is 106 cm³/mol. The Labute approximate surface area is 165 Å². The van der Waals surface area contributed by atoms with E-state index in [1.807, 2.05) is 30.3 Å². The van der Waals surface area contributed by atoms with Gasteiger partial charge in [-0.1, -0.05) is 41.7 Å². The summed E-state index contributed by atoms with van der Waals surface area (Å²) in [5.41, 5.74) is 1.39. The first kappa shape index (κ1) is 19.5. The first-order valence-corrected chi connectivity index (χ1v) is 9.55. The van der Waals surface area contributed by atoms with Gasteiger partial charge in [0.05, 0.1) is 16.8 Å². The molecule has 1 aromatic carbocycles. The van der Waals surface area contributed by atoms with Gasteiger partial charge in [0.1, 0.15) is 0 Å². The van der Waals surface area contributed by atoms with Crippen molar-refractivity contribution in [2.45, 2.75) is 19.8 Å². The molecule has 3 rings (SSSR count). The second kappa shape index (κ2) is 9.09. The molecule has 0 atom stereocenters. The highest BCUT2D eigenvalue weighted by molar-refractivity contribution is 7.18. The van der Waals surface area contributed by atoms with Crippen molar-refractivity contribution in [2.75, 3.05) is 11.9 Å². The third-order valence-electron chi connectivity index (χ3n) is 3.85. The lowest BCUT2D eigenvalue weighted by atomic mass is 10.1. The molecule has 0 bridgehead atoms. The summed E-state index contributed by atoms with van der Waals surface area (Å²) >= 11 is 1.16. The fourth-order valence-corrected chi connectivity index (χ4v) is 3.43. The van der Waals surface area contributed by atoms with Crippen LogP contribution in [0.3, 0.4) is 0 Å². The van der Waals surface area contributed by atoms with Crippen molar-refractivity contribution < 1.29 is 18.8 Å². The minimum absolute atomic E-state index is 0.0995. The molecule has 8 heteroatoms. The molecule has 0 spiro atoms. The van der Waals surface area contributed by atoms with E-state index in [-0.39, 0.29) is 29.8 Å². The van der Waals surface area contributed by atoms with Crippen LogP contribution in [0.4, 0.5) is 5.13 Å². The van der Waals surface area contributed by atoms with Gasteiger partial charge in [0.25, 0.3) is 5.91 Å². The molecule has 2 heterocycles. The number of ketones is 1. The van der Waals surface area contributed by atoms with Crippen LogP contribution in [0.5, 0.6) is 0 Å². The number of rotatable bonds is 8. The Morgan fingerprint density at radius 2 is 1.89 bits per heavy atom. The summed E-state index contributed by atoms with van der Waals surface area (Å²) in [5.74, 6) is -0.408. The number of benzene rings is 1. The molecule has 0 fully saturated rings. The number of amides is 2. The van der Waals surface area contributed by atoms with Gasteiger partial charge in [0.2, 0.25) is 5.91 Å². The quantitative estimate of drug-likeness (QED) is 0.445. The Balaban J connectivity index is 1.54. The van der Waals surface area contributed by atoms with Crippen LogP contribution < -0.4 is 10.6 Å². The van der Waals surface area contributed by atoms with Crippen molar-refractivity contribution in [3.63, 3.8) is 0 Å². The van der Waals surface area contributed by atoms with Crippen molar-refractivity contribution in [1.82, 2.24) is 10.3 Å². The van der Waals surface area contributed by atoms with Crippen LogP contribution in [-0.4, -0.2) is 29.1 Å². The number of nitrogens with zero attached hydrogens (tertiary/aromatic N) is 1. The lowest BCUT2D eigenvalue weighted by molar-refractivity contribution is -0.116. The number of carbonyl (C=O) groups excluding carboxylic acids is 3. The van der Waals surface area contributed by atoms with Crippen molar-refractivity contribution in [3.05, 3.63) is 59.4 Å². The summed E-state index contributed by atoms with van der Waals surface area (Å²) in [6.45, 7) is 1.83. The van der Waals surface area contributed by atoms with Gasteiger partial charge < -0.3 is 15.1 Å². The molecule has 2 aromatic heterocycles. The van der Waals surface area contributed by atoms with Gasteiger partial charge in [-0.2, -0.15) is 0 Å². The SMILES string of the molecule is CC(=O)c1sc(NC(=O)CCCNC(=O)c2ccco2)nc1-c1ccccc1. The first-order chi connectivity index (χ1) is 13.5. The average molecular weight is 397 g/mol. The Morgan fingerprint density at radius 3 is 2.57 bits per heavy atom. The molecular formula is C20H19N3O4S. The molecule has 2 N–H and O–H groups in total. The summed E-state index contributed by atoms with van der Waals surface area (Å²) in [5, 5.41) is 5.79. The number of hydrogen-bond acceptors (Lipinski definition) is 6. The van der Waals surface area contributed by atoms with Gasteiger partial charge in [-0.3, -0.25) is 14.4 Å². The fraction of sp³-hybridized carbons (Fsp3) is 0.200. The van der Waals surface area contributed by atoms with Crippen LogP contribution in [0.1, 0.15) is 40.0 Å². The molecule has 0 unspecified atom stereocenters. The molecule has 7 nitrogen and oxygen atoms in total. The van der Waals surface area contributed by atoms with Crippen LogP contribution in [0.2, 0.25) is 0 Å². The maximum absolute atomic E-state index is 12.2. The second-order valence-electron chi connectivity index (χ2n) is 6.00. The van der Waals surface area contributed by atoms with E-state index in [0.29, 0.717) is 28.7 Å². The minimum atomic E-state index is -0.316. The summed E-state index contributed by atoms with van der Waals surface area (Å²) < 4.78 is 5.00. The minimum Gasteiger partial charge on any atom is -0.459 e. The number of hydrogen-bond donors (Lipinski definition) is 2. The zero-order chi connectivity index (χ0) is 19.9. The molecule has 2 amide bonds. The van der Waals surface area contributed by atoms with Gasteiger partial charge in [-0.15, -0.1) is 0 Å². The van der Waals surface area contributed by atoms with Gasteiger partial charge in [-0.05, 0) is 18.6 Å². The van der Waals surface area contributed by atoms with E-state index in [1.165, 1.54) is 13.2 Å². The Hall–Kier alpha value is -3.26. The predicted octanol–water partition coefficient (Wildman–Crippen LogP) is 3.75. The molecule has 0 aliphatic rings. The zero-order valence-electron chi connectivity index (χ0n) is 15.2. The molecular weight excluding hydrogens is 378 g/mol. The van der Waals surface area contributed by atoms with Gasteiger partial charge >= 0.3 is 0 Å². The Bertz CT molecular complexity index is 965. The molecule has 144 valence electrons. The number of anilines is 1. The first-order valence-electron chi connectivity index (χ1n) is 8.73. The van der Waals surface area contributed by atoms with Gasteiger partial charge in [-0.25, -0.2) is 4.98 Å². The lowest BCUT2D eigenvalue weighted by Crippen LogP contribution is -2.25. The fourth-order valence-electron chi connectivity index (χ4n) is 2.53. The van der Waals surface area contributed by atoms with E-state index in [1.54, 1.807) is 12.1 Å². The molecule has 0 aliphatic heterocycles. The standard InChI is InChI=1S/C20H19N3O4S/c1-13(24)18-17(14-7-3-2-4-8-14)23-20(28-18)22-16(25)10-5-11-21-19(26)15-9-6-12-27-15/h2-4,6-9,12H,5,10-11H2,1H3,(H,21,26)(H,22,23,25). The van der Waals surface area contributed by atoms with E-state index in [0.717, 1.165) is 16.9 Å². The number of furan rings is 1. The van der Waals surface area contributed by atoms with E-state index in [4.69, 9.17) is 4.42 Å². The third kappa shape index (κ3) is 4.92. The van der Waals surface area contributed by atoms with Crippen LogP contribution in [0.25, 0.3) is 11.3 Å². The number of aromatic nitrogens is 1. The number of Topliss-reactive ketones (excluding diaryl/α,β-unsaturated/α-hetero) is 1. The van der Waals surface area contributed by atoms with E-state index in [9.17, 15) is 14.4 Å². The highest BCUT2D eigenvalue weighted by atomic mass is 32.1. The van der Waals surface area contributed by atoms with Crippen LogP contribution in [0.15, 0.2) is 53.1 Å². The molecule has 28 heavy (non-hydrogen) atoms. The maximum atomic E-state index is 12.2. The van der Waals surface area contributed by atoms with E-state index in [2.05, 4.69) is 15.6 Å². The van der Waals surface area contributed by atoms with Crippen LogP contribution >= 0.6 is 11.3 Å². The van der Waals surface area contributed by atoms with Crippen molar-refractivity contribution in [1.29, 1.82) is 0 Å². The summed E-state index contributed by atoms with van der Waals surface area (Å²) in [6.07, 6.45) is 2.11. The highest BCUT2D eigenvalue weighted by Crippen LogP contribution is 2.31. The van der Waals surface area contributed by atoms with E-state index >= 15 is 0 Å². The summed E-state index contributed by atoms with van der Waals surface area (Å²) in [6, 6.07) is 12.6. The smallest absolute Gasteiger partial charge is 0.286 e. The Morgan fingerprint density at radius 1 is 1.11 bits per heavy atom. The number of thiazole rings is 1. The topological polar surface area (TPSA) is 101 Å². The average Bonchev–Trinajstić information content (AvgIpc) is 3.36. The molecule has 0 saturated carbocycles. The van der Waals surface area contributed by atoms with E-state index < -0.39 is 0 Å². The molecule has 3 aromatic rings. The zero-order valence-corrected chi connectivity index (χ0v) is 16.0. The van der Waals surface area contributed by atoms with Gasteiger partial charge in [0, 0.05) is 25.5 Å². The molecule has 0 saturated heterocycles. The largest absolute Gasteiger partial charge is 0.459 e. The van der Waals surface area contributed by atoms with Crippen molar-refractivity contribution in [2.24, 2.45) is 0 Å². The normalized spacial score (nSPS) is 10.5. The summed E-state index contributed by atoms with van der Waals surface area (Å²) in [7, 11) is 0. The van der Waals surface area contributed by atoms with Crippen LogP contribution in [-0.2, 0) is 4.79 Å². The monoisotopic (exact) mass is 397 g/mol. The summed E-state index contributed by atoms with van der Waals surface area (Å²) in [4.78, 5) is 40.7. The van der Waals surface area contributed by atoms with Crippen LogP contribution in [0, 0.1) is 0 Å². The number of nitrogens with one attached hydrogen (secondary N) is 2. The maximum Gasteiger partial charge on any atom is 0.286 e. The van der Waals surface area contributed by atoms with Gasteiger partial charge in [0.15, 0.2) is 16.7 Å². The highest BCUT2D eigenvalue weighted by Gasteiger charge is 2.17. The van der Waals surface area contributed by atoms with Crippen molar-refractivity contribution >= 4 is 34.1 Å². The Kier molecular flexibility index (Phi) is 6.33. The molecule has 0 aliphatic carbocycles. The lowest BCUT2D eigenvalue weighted by Gasteiger charge is -2.03. The van der Waals surface area contributed by atoms with Crippen molar-refractivity contribution in [3.8, 4) is 11.3 Å². The molecule has 0 radical (unpaired) electrons. The third-order valence-corrected chi connectivity index (χ3v) is 4.92.